The van der Waals surface area contributed by atoms with Gasteiger partial charge in [0.05, 0.1) is 37.4 Å². The van der Waals surface area contributed by atoms with Crippen LogP contribution in [0.1, 0.15) is 18.8 Å². The first-order valence-electron chi connectivity index (χ1n) is 8.86. The van der Waals surface area contributed by atoms with Crippen molar-refractivity contribution in [3.8, 4) is 5.75 Å². The smallest absolute Gasteiger partial charge is 0.225 e. The van der Waals surface area contributed by atoms with Crippen molar-refractivity contribution in [1.82, 2.24) is 29.5 Å². The highest BCUT2D eigenvalue weighted by molar-refractivity contribution is 5.92. The molecule has 0 aliphatic carbocycles. The molecule has 0 radical (unpaired) electrons. The second kappa shape index (κ2) is 7.66. The molecule has 4 rings (SSSR count). The fourth-order valence-corrected chi connectivity index (χ4v) is 2.80. The first kappa shape index (κ1) is 18.5. The van der Waals surface area contributed by atoms with Crippen LogP contribution in [0.15, 0.2) is 43.1 Å². The van der Waals surface area contributed by atoms with Gasteiger partial charge in [-0.3, -0.25) is 0 Å². The van der Waals surface area contributed by atoms with Crippen LogP contribution in [0.3, 0.4) is 0 Å². The maximum absolute atomic E-state index is 13.1. The molecular formula is C19H19FN8O. The zero-order chi connectivity index (χ0) is 20.4. The molecule has 0 aliphatic rings. The van der Waals surface area contributed by atoms with Crippen molar-refractivity contribution in [1.29, 1.82) is 0 Å². The summed E-state index contributed by atoms with van der Waals surface area (Å²) in [5, 5.41) is 7.20. The third-order valence-corrected chi connectivity index (χ3v) is 4.23. The van der Waals surface area contributed by atoms with E-state index < -0.39 is 5.82 Å². The predicted octanol–water partition coefficient (Wildman–Crippen LogP) is 3.22. The van der Waals surface area contributed by atoms with Gasteiger partial charge in [-0.1, -0.05) is 0 Å². The Kier molecular flexibility index (Phi) is 4.90. The number of halogens is 1. The van der Waals surface area contributed by atoms with Crippen LogP contribution in [0.4, 0.5) is 22.0 Å². The predicted molar refractivity (Wildman–Crippen MR) is 107 cm³/mol. The minimum atomic E-state index is -0.489. The van der Waals surface area contributed by atoms with Gasteiger partial charge in [-0.2, -0.15) is 4.98 Å². The van der Waals surface area contributed by atoms with E-state index in [2.05, 4.69) is 35.6 Å². The standard InChI is InChI=1S/C19H19FN8O/c1-11(17-21-7-12(20)8-22-17)24-19-25-15-6-13(29-3)4-5-14(15)18(27-19)26-16-9-28(2)10-23-16/h4-11H,1-3H3,(H2,24,25,26,27)/t11-/m1/s1. The van der Waals surface area contributed by atoms with Gasteiger partial charge in [0.15, 0.2) is 5.82 Å². The Morgan fingerprint density at radius 1 is 1.14 bits per heavy atom. The second-order valence-electron chi connectivity index (χ2n) is 6.45. The molecule has 0 fully saturated rings. The molecule has 0 bridgehead atoms. The number of imidazole rings is 1. The summed E-state index contributed by atoms with van der Waals surface area (Å²) in [7, 11) is 3.49. The number of hydrogen-bond donors (Lipinski definition) is 2. The van der Waals surface area contributed by atoms with E-state index in [0.717, 1.165) is 17.8 Å². The SMILES string of the molecule is COc1ccc2c(Nc3cn(C)cn3)nc(N[C@H](C)c3ncc(F)cn3)nc2c1. The number of benzene rings is 1. The molecule has 0 saturated carbocycles. The van der Waals surface area contributed by atoms with Crippen LogP contribution in [0.25, 0.3) is 10.9 Å². The van der Waals surface area contributed by atoms with Crippen LogP contribution < -0.4 is 15.4 Å². The van der Waals surface area contributed by atoms with Crippen molar-refractivity contribution >= 4 is 28.5 Å². The zero-order valence-corrected chi connectivity index (χ0v) is 16.1. The lowest BCUT2D eigenvalue weighted by atomic mass is 10.2. The van der Waals surface area contributed by atoms with Gasteiger partial charge >= 0.3 is 0 Å². The Balaban J connectivity index is 1.71. The van der Waals surface area contributed by atoms with Crippen LogP contribution in [0.2, 0.25) is 0 Å². The highest BCUT2D eigenvalue weighted by Gasteiger charge is 2.14. The Morgan fingerprint density at radius 3 is 2.62 bits per heavy atom. The minimum Gasteiger partial charge on any atom is -0.497 e. The normalized spacial score (nSPS) is 12.0. The number of ether oxygens (including phenoxy) is 1. The van der Waals surface area contributed by atoms with Gasteiger partial charge in [-0.25, -0.2) is 24.3 Å². The van der Waals surface area contributed by atoms with Crippen molar-refractivity contribution in [3.63, 3.8) is 0 Å². The number of aromatic nitrogens is 6. The quantitative estimate of drug-likeness (QED) is 0.514. The van der Waals surface area contributed by atoms with E-state index in [4.69, 9.17) is 4.74 Å². The van der Waals surface area contributed by atoms with Crippen LogP contribution in [0, 0.1) is 5.82 Å². The molecule has 0 amide bonds. The topological polar surface area (TPSA) is 103 Å². The molecule has 3 aromatic heterocycles. The molecule has 4 aromatic rings. The second-order valence-corrected chi connectivity index (χ2v) is 6.45. The number of nitrogens with zero attached hydrogens (tertiary/aromatic N) is 6. The maximum atomic E-state index is 13.1. The zero-order valence-electron chi connectivity index (χ0n) is 16.1. The number of methoxy groups -OCH3 is 1. The van der Waals surface area contributed by atoms with E-state index >= 15 is 0 Å². The summed E-state index contributed by atoms with van der Waals surface area (Å²) in [6.07, 6.45) is 5.79. The Labute approximate surface area is 166 Å². The van der Waals surface area contributed by atoms with Gasteiger partial charge in [-0.15, -0.1) is 0 Å². The van der Waals surface area contributed by atoms with Gasteiger partial charge < -0.3 is 19.9 Å². The Hall–Kier alpha value is -3.82. The monoisotopic (exact) mass is 394 g/mol. The average Bonchev–Trinajstić information content (AvgIpc) is 3.12. The molecular weight excluding hydrogens is 375 g/mol. The lowest BCUT2D eigenvalue weighted by Gasteiger charge is -2.15. The third kappa shape index (κ3) is 4.05. The fraction of sp³-hybridized carbons (Fsp3) is 0.211. The first-order valence-corrected chi connectivity index (χ1v) is 8.86. The van der Waals surface area contributed by atoms with Crippen LogP contribution in [-0.4, -0.2) is 36.6 Å². The summed E-state index contributed by atoms with van der Waals surface area (Å²) in [4.78, 5) is 21.5. The summed E-state index contributed by atoms with van der Waals surface area (Å²) in [6, 6.07) is 5.22. The number of anilines is 3. The van der Waals surface area contributed by atoms with Crippen molar-refractivity contribution < 1.29 is 9.13 Å². The number of rotatable bonds is 6. The van der Waals surface area contributed by atoms with Crippen molar-refractivity contribution in [2.75, 3.05) is 17.7 Å². The minimum absolute atomic E-state index is 0.332. The molecule has 29 heavy (non-hydrogen) atoms. The number of hydrogen-bond acceptors (Lipinski definition) is 8. The molecule has 9 nitrogen and oxygen atoms in total. The number of nitrogens with one attached hydrogen (secondary N) is 2. The molecule has 1 atom stereocenters. The molecule has 0 unspecified atom stereocenters. The van der Waals surface area contributed by atoms with Crippen molar-refractivity contribution in [3.05, 3.63) is 54.8 Å². The van der Waals surface area contributed by atoms with Gasteiger partial charge in [0.2, 0.25) is 5.95 Å². The first-order chi connectivity index (χ1) is 14.0. The van der Waals surface area contributed by atoms with E-state index in [1.54, 1.807) is 13.4 Å². The number of fused-ring (bicyclic) bond motifs is 1. The lowest BCUT2D eigenvalue weighted by Crippen LogP contribution is -2.13. The van der Waals surface area contributed by atoms with Gasteiger partial charge in [-0.05, 0) is 19.1 Å². The largest absolute Gasteiger partial charge is 0.497 e. The fourth-order valence-electron chi connectivity index (χ4n) is 2.80. The summed E-state index contributed by atoms with van der Waals surface area (Å²) in [5.41, 5.74) is 0.688. The van der Waals surface area contributed by atoms with E-state index in [1.165, 1.54) is 0 Å². The summed E-state index contributed by atoms with van der Waals surface area (Å²) >= 11 is 0. The Morgan fingerprint density at radius 2 is 1.93 bits per heavy atom. The number of aryl methyl sites for hydroxylation is 1. The summed E-state index contributed by atoms with van der Waals surface area (Å²) in [5.74, 6) is 2.23. The molecule has 2 N–H and O–H groups in total. The molecule has 1 aromatic carbocycles. The van der Waals surface area contributed by atoms with Gasteiger partial charge in [0, 0.05) is 24.7 Å². The highest BCUT2D eigenvalue weighted by Crippen LogP contribution is 2.28. The van der Waals surface area contributed by atoms with Crippen LogP contribution in [0.5, 0.6) is 5.75 Å². The molecule has 10 heteroatoms. The lowest BCUT2D eigenvalue weighted by molar-refractivity contribution is 0.415. The van der Waals surface area contributed by atoms with Crippen molar-refractivity contribution in [2.24, 2.45) is 7.05 Å². The van der Waals surface area contributed by atoms with E-state index in [0.29, 0.717) is 34.7 Å². The van der Waals surface area contributed by atoms with Crippen LogP contribution >= 0.6 is 0 Å². The van der Waals surface area contributed by atoms with E-state index in [9.17, 15) is 4.39 Å². The summed E-state index contributed by atoms with van der Waals surface area (Å²) < 4.78 is 20.2. The van der Waals surface area contributed by atoms with Gasteiger partial charge in [0.1, 0.15) is 23.2 Å². The molecule has 0 spiro atoms. The third-order valence-electron chi connectivity index (χ3n) is 4.23. The van der Waals surface area contributed by atoms with Gasteiger partial charge in [0.25, 0.3) is 0 Å². The molecule has 0 aliphatic heterocycles. The molecule has 148 valence electrons. The molecule has 3 heterocycles. The Bertz CT molecular complexity index is 1140. The maximum Gasteiger partial charge on any atom is 0.225 e. The highest BCUT2D eigenvalue weighted by atomic mass is 19.1. The van der Waals surface area contributed by atoms with E-state index in [-0.39, 0.29) is 6.04 Å². The molecule has 0 saturated heterocycles. The van der Waals surface area contributed by atoms with Crippen LogP contribution in [-0.2, 0) is 7.05 Å². The van der Waals surface area contributed by atoms with E-state index in [1.807, 2.05) is 42.9 Å². The average molecular weight is 394 g/mol. The van der Waals surface area contributed by atoms with Crippen molar-refractivity contribution in [2.45, 2.75) is 13.0 Å². The summed E-state index contributed by atoms with van der Waals surface area (Å²) in [6.45, 7) is 1.85.